The number of hydrogen-bond donors (Lipinski definition) is 2. The topological polar surface area (TPSA) is 68.2 Å². The molecule has 0 saturated carbocycles. The van der Waals surface area contributed by atoms with E-state index in [2.05, 4.69) is 0 Å². The van der Waals surface area contributed by atoms with E-state index in [0.717, 1.165) is 24.0 Å². The van der Waals surface area contributed by atoms with Crippen molar-refractivity contribution in [3.05, 3.63) is 29.3 Å². The summed E-state index contributed by atoms with van der Waals surface area (Å²) in [6.07, 6.45) is 0.634. The highest BCUT2D eigenvalue weighted by atomic mass is 16.5. The first-order valence-electron chi connectivity index (χ1n) is 6.89. The molecule has 0 saturated heterocycles. The lowest BCUT2D eigenvalue weighted by Crippen LogP contribution is -2.24. The summed E-state index contributed by atoms with van der Waals surface area (Å²) in [7, 11) is 1.60. The summed E-state index contributed by atoms with van der Waals surface area (Å²) in [5.74, 6) is 0.716. The summed E-state index contributed by atoms with van der Waals surface area (Å²) in [6.45, 7) is 1.40. The minimum absolute atomic E-state index is 0.189. The quantitative estimate of drug-likeness (QED) is 0.698. The van der Waals surface area contributed by atoms with Crippen molar-refractivity contribution in [1.82, 2.24) is 0 Å². The molecule has 20 heavy (non-hydrogen) atoms. The van der Waals surface area contributed by atoms with E-state index in [-0.39, 0.29) is 19.3 Å². The zero-order chi connectivity index (χ0) is 14.4. The van der Waals surface area contributed by atoms with Crippen LogP contribution in [0.3, 0.4) is 0 Å². The van der Waals surface area contributed by atoms with Gasteiger partial charge in [-0.25, -0.2) is 0 Å². The molecule has 5 nitrogen and oxygen atoms in total. The fourth-order valence-electron chi connectivity index (χ4n) is 2.26. The van der Waals surface area contributed by atoms with Crippen LogP contribution in [-0.2, 0) is 15.9 Å². The minimum atomic E-state index is -0.661. The van der Waals surface area contributed by atoms with Gasteiger partial charge in [0.15, 0.2) is 0 Å². The van der Waals surface area contributed by atoms with E-state index < -0.39 is 6.10 Å². The Labute approximate surface area is 119 Å². The Morgan fingerprint density at radius 3 is 2.95 bits per heavy atom. The molecule has 0 fully saturated rings. The van der Waals surface area contributed by atoms with Crippen molar-refractivity contribution in [3.63, 3.8) is 0 Å². The van der Waals surface area contributed by atoms with Crippen LogP contribution < -0.4 is 4.74 Å². The highest BCUT2D eigenvalue weighted by Crippen LogP contribution is 2.33. The van der Waals surface area contributed by atoms with E-state index in [9.17, 15) is 10.2 Å². The summed E-state index contributed by atoms with van der Waals surface area (Å²) in [4.78, 5) is 0. The second kappa shape index (κ2) is 7.59. The average molecular weight is 282 g/mol. The van der Waals surface area contributed by atoms with Crippen LogP contribution in [0.2, 0.25) is 0 Å². The molecule has 0 spiro atoms. The van der Waals surface area contributed by atoms with Crippen molar-refractivity contribution in [2.24, 2.45) is 0 Å². The number of rotatable bonds is 8. The Kier molecular flexibility index (Phi) is 5.79. The van der Waals surface area contributed by atoms with Crippen LogP contribution >= 0.6 is 0 Å². The molecule has 5 heteroatoms. The van der Waals surface area contributed by atoms with Crippen LogP contribution in [0.25, 0.3) is 0 Å². The smallest absolute Gasteiger partial charge is 0.119 e. The van der Waals surface area contributed by atoms with Gasteiger partial charge in [-0.2, -0.15) is 0 Å². The molecule has 1 aliphatic rings. The van der Waals surface area contributed by atoms with Crippen molar-refractivity contribution in [3.8, 4) is 5.75 Å². The molecule has 112 valence electrons. The molecule has 1 aromatic rings. The predicted octanol–water partition coefficient (Wildman–Crippen LogP) is 1.07. The maximum atomic E-state index is 9.72. The number of aliphatic hydroxyl groups excluding tert-OH is 2. The van der Waals surface area contributed by atoms with E-state index in [1.165, 1.54) is 0 Å². The van der Waals surface area contributed by atoms with Gasteiger partial charge in [0.2, 0.25) is 0 Å². The Morgan fingerprint density at radius 1 is 1.30 bits per heavy atom. The lowest BCUT2D eigenvalue weighted by atomic mass is 10.1. The van der Waals surface area contributed by atoms with Crippen LogP contribution in [0.4, 0.5) is 0 Å². The van der Waals surface area contributed by atoms with Gasteiger partial charge in [-0.3, -0.25) is 0 Å². The number of hydrogen-bond acceptors (Lipinski definition) is 5. The molecule has 2 rings (SSSR count). The highest BCUT2D eigenvalue weighted by Gasteiger charge is 2.20. The monoisotopic (exact) mass is 282 g/mol. The minimum Gasteiger partial charge on any atom is -0.491 e. The zero-order valence-electron chi connectivity index (χ0n) is 11.7. The lowest BCUT2D eigenvalue weighted by Gasteiger charge is -2.13. The Bertz CT molecular complexity index is 421. The fourth-order valence-corrected chi connectivity index (χ4v) is 2.26. The zero-order valence-corrected chi connectivity index (χ0v) is 11.7. The average Bonchev–Trinajstić information content (AvgIpc) is 2.82. The number of aryl methyl sites for hydroxylation is 1. The van der Waals surface area contributed by atoms with E-state index in [4.69, 9.17) is 14.2 Å². The fraction of sp³-hybridized carbons (Fsp3) is 0.600. The SMILES string of the molecule is COCCOCC(O)COc1ccc2c(c1)CCC2O. The molecule has 0 heterocycles. The molecule has 0 aromatic heterocycles. The molecule has 2 N–H and O–H groups in total. The molecule has 0 amide bonds. The second-order valence-corrected chi connectivity index (χ2v) is 4.95. The maximum Gasteiger partial charge on any atom is 0.119 e. The van der Waals surface area contributed by atoms with Gasteiger partial charge >= 0.3 is 0 Å². The van der Waals surface area contributed by atoms with Gasteiger partial charge in [0.1, 0.15) is 18.5 Å². The van der Waals surface area contributed by atoms with Crippen LogP contribution in [0, 0.1) is 0 Å². The van der Waals surface area contributed by atoms with Crippen molar-refractivity contribution in [1.29, 1.82) is 0 Å². The Hall–Kier alpha value is -1.14. The van der Waals surface area contributed by atoms with Gasteiger partial charge in [-0.1, -0.05) is 6.07 Å². The van der Waals surface area contributed by atoms with Crippen LogP contribution in [-0.4, -0.2) is 49.9 Å². The third-order valence-electron chi connectivity index (χ3n) is 3.34. The molecular weight excluding hydrogens is 260 g/mol. The summed E-state index contributed by atoms with van der Waals surface area (Å²) in [5, 5.41) is 19.4. The van der Waals surface area contributed by atoms with Gasteiger partial charge in [0, 0.05) is 7.11 Å². The molecule has 1 aliphatic carbocycles. The van der Waals surface area contributed by atoms with Gasteiger partial charge in [-0.05, 0) is 36.1 Å². The Balaban J connectivity index is 1.74. The predicted molar refractivity (Wildman–Crippen MR) is 73.9 cm³/mol. The summed E-state index contributed by atoms with van der Waals surface area (Å²) in [6, 6.07) is 5.65. The van der Waals surface area contributed by atoms with Gasteiger partial charge in [0.25, 0.3) is 0 Å². The largest absolute Gasteiger partial charge is 0.491 e. The third kappa shape index (κ3) is 4.18. The van der Waals surface area contributed by atoms with Gasteiger partial charge in [-0.15, -0.1) is 0 Å². The number of ether oxygens (including phenoxy) is 3. The molecular formula is C15H22O5. The van der Waals surface area contributed by atoms with Crippen molar-refractivity contribution in [2.75, 3.05) is 33.5 Å². The standard InChI is InChI=1S/C15H22O5/c1-18-6-7-19-9-12(16)10-20-13-3-4-14-11(8-13)2-5-15(14)17/h3-4,8,12,15-17H,2,5-7,9-10H2,1H3. The van der Waals surface area contributed by atoms with Crippen LogP contribution in [0.1, 0.15) is 23.7 Å². The number of aliphatic hydroxyl groups is 2. The van der Waals surface area contributed by atoms with Gasteiger partial charge in [0.05, 0.1) is 25.9 Å². The second-order valence-electron chi connectivity index (χ2n) is 4.95. The lowest BCUT2D eigenvalue weighted by molar-refractivity contribution is -0.00420. The summed E-state index contributed by atoms with van der Waals surface area (Å²) in [5.41, 5.74) is 2.11. The van der Waals surface area contributed by atoms with Crippen LogP contribution in [0.15, 0.2) is 18.2 Å². The molecule has 2 unspecified atom stereocenters. The molecule has 0 radical (unpaired) electrons. The van der Waals surface area contributed by atoms with Crippen LogP contribution in [0.5, 0.6) is 5.75 Å². The van der Waals surface area contributed by atoms with E-state index in [1.54, 1.807) is 7.11 Å². The Morgan fingerprint density at radius 2 is 2.15 bits per heavy atom. The first-order valence-corrected chi connectivity index (χ1v) is 6.89. The molecule has 2 atom stereocenters. The summed E-state index contributed by atoms with van der Waals surface area (Å²) >= 11 is 0. The number of benzene rings is 1. The van der Waals surface area contributed by atoms with E-state index in [0.29, 0.717) is 19.0 Å². The first-order chi connectivity index (χ1) is 9.70. The third-order valence-corrected chi connectivity index (χ3v) is 3.34. The molecule has 1 aromatic carbocycles. The van der Waals surface area contributed by atoms with E-state index in [1.807, 2.05) is 18.2 Å². The van der Waals surface area contributed by atoms with Gasteiger partial charge < -0.3 is 24.4 Å². The van der Waals surface area contributed by atoms with E-state index >= 15 is 0 Å². The number of fused-ring (bicyclic) bond motifs is 1. The number of methoxy groups -OCH3 is 1. The van der Waals surface area contributed by atoms with Crippen molar-refractivity contribution in [2.45, 2.75) is 25.0 Å². The molecule has 0 aliphatic heterocycles. The highest BCUT2D eigenvalue weighted by molar-refractivity contribution is 5.39. The first kappa shape index (κ1) is 15.3. The van der Waals surface area contributed by atoms with Crippen molar-refractivity contribution >= 4 is 0 Å². The summed E-state index contributed by atoms with van der Waals surface area (Å²) < 4.78 is 15.6. The normalized spacial score (nSPS) is 18.9. The molecule has 0 bridgehead atoms. The van der Waals surface area contributed by atoms with Crippen molar-refractivity contribution < 1.29 is 24.4 Å². The maximum absolute atomic E-state index is 9.72.